The van der Waals surface area contributed by atoms with Crippen molar-refractivity contribution in [3.8, 4) is 0 Å². The molecule has 1 aromatic carbocycles. The van der Waals surface area contributed by atoms with Gasteiger partial charge in [-0.25, -0.2) is 0 Å². The van der Waals surface area contributed by atoms with Crippen LogP contribution in [0.15, 0.2) is 24.3 Å². The van der Waals surface area contributed by atoms with Crippen molar-refractivity contribution in [3.63, 3.8) is 0 Å². The molecule has 1 amide bonds. The minimum absolute atomic E-state index is 0.0691. The van der Waals surface area contributed by atoms with Crippen molar-refractivity contribution in [2.45, 2.75) is 32.2 Å². The molecule has 0 aliphatic rings. The number of carbonyl (C=O) groups excluding carboxylic acids is 1. The Morgan fingerprint density at radius 2 is 1.78 bits per heavy atom. The number of alkyl halides is 2. The molecule has 0 heterocycles. The molecule has 1 aromatic rings. The minimum Gasteiger partial charge on any atom is -0.349 e. The van der Waals surface area contributed by atoms with Gasteiger partial charge in [0, 0.05) is 10.7 Å². The maximum Gasteiger partial charge on any atom is 0.224 e. The normalized spacial score (nSPS) is 11.3. The summed E-state index contributed by atoms with van der Waals surface area (Å²) in [4.78, 5) is 12.0. The first-order valence-electron chi connectivity index (χ1n) is 6.03. The van der Waals surface area contributed by atoms with Gasteiger partial charge in [-0.1, -0.05) is 68.6 Å². The Hall–Kier alpha value is -0.350. The number of hydrogen-bond donors (Lipinski definition) is 1. The maximum absolute atomic E-state index is 12.0. The molecule has 2 nitrogen and oxygen atoms in total. The first-order valence-corrected chi connectivity index (χ1v) is 8.28. The predicted octanol–water partition coefficient (Wildman–Crippen LogP) is 3.59. The van der Waals surface area contributed by atoms with E-state index in [4.69, 9.17) is 0 Å². The molecule has 0 radical (unpaired) electrons. The molecular formula is C14H19Br2NO. The summed E-state index contributed by atoms with van der Waals surface area (Å²) in [5, 5.41) is 4.61. The number of amides is 1. The molecule has 0 atom stereocenters. The highest BCUT2D eigenvalue weighted by molar-refractivity contribution is 9.09. The molecule has 100 valence electrons. The van der Waals surface area contributed by atoms with Crippen LogP contribution >= 0.6 is 31.9 Å². The van der Waals surface area contributed by atoms with Gasteiger partial charge < -0.3 is 5.32 Å². The van der Waals surface area contributed by atoms with Crippen molar-refractivity contribution in [2.24, 2.45) is 0 Å². The second-order valence-corrected chi connectivity index (χ2v) is 5.73. The van der Waals surface area contributed by atoms with Crippen LogP contribution in [0.5, 0.6) is 0 Å². The van der Waals surface area contributed by atoms with E-state index in [1.54, 1.807) is 0 Å². The highest BCUT2D eigenvalue weighted by Crippen LogP contribution is 2.17. The molecule has 0 unspecified atom stereocenters. The van der Waals surface area contributed by atoms with Gasteiger partial charge >= 0.3 is 0 Å². The molecule has 1 rings (SSSR count). The van der Waals surface area contributed by atoms with Crippen molar-refractivity contribution in [2.75, 3.05) is 10.7 Å². The van der Waals surface area contributed by atoms with Crippen molar-refractivity contribution in [1.29, 1.82) is 0 Å². The minimum atomic E-state index is -0.193. The molecule has 0 spiro atoms. The first kappa shape index (κ1) is 15.7. The van der Waals surface area contributed by atoms with E-state index in [2.05, 4.69) is 44.1 Å². The summed E-state index contributed by atoms with van der Waals surface area (Å²) in [5.74, 6) is 0.0691. The van der Waals surface area contributed by atoms with Crippen LogP contribution in [-0.4, -0.2) is 22.1 Å². The Labute approximate surface area is 126 Å². The Bertz CT molecular complexity index is 377. The van der Waals surface area contributed by atoms with Gasteiger partial charge in [0.25, 0.3) is 0 Å². The summed E-state index contributed by atoms with van der Waals surface area (Å²) < 4.78 is 0. The van der Waals surface area contributed by atoms with Gasteiger partial charge in [-0.15, -0.1) is 0 Å². The summed E-state index contributed by atoms with van der Waals surface area (Å²) in [5.41, 5.74) is 2.07. The zero-order valence-corrected chi connectivity index (χ0v) is 14.0. The van der Waals surface area contributed by atoms with Crippen LogP contribution in [0.1, 0.15) is 24.5 Å². The van der Waals surface area contributed by atoms with Gasteiger partial charge in [0.1, 0.15) is 0 Å². The van der Waals surface area contributed by atoms with Crippen LogP contribution in [0, 0.1) is 6.92 Å². The van der Waals surface area contributed by atoms with E-state index in [-0.39, 0.29) is 11.4 Å². The number of carbonyl (C=O) groups is 1. The van der Waals surface area contributed by atoms with Crippen molar-refractivity contribution in [3.05, 3.63) is 35.4 Å². The molecule has 0 fully saturated rings. The lowest BCUT2D eigenvalue weighted by atomic mass is 10.0. The van der Waals surface area contributed by atoms with E-state index >= 15 is 0 Å². The van der Waals surface area contributed by atoms with Crippen LogP contribution < -0.4 is 5.32 Å². The van der Waals surface area contributed by atoms with Gasteiger partial charge in [-0.05, 0) is 18.9 Å². The van der Waals surface area contributed by atoms with Crippen LogP contribution in [0.2, 0.25) is 0 Å². The largest absolute Gasteiger partial charge is 0.349 e. The Kier molecular flexibility index (Phi) is 6.36. The number of benzene rings is 1. The van der Waals surface area contributed by atoms with E-state index in [1.165, 1.54) is 5.56 Å². The van der Waals surface area contributed by atoms with Gasteiger partial charge in [0.2, 0.25) is 5.91 Å². The highest BCUT2D eigenvalue weighted by Gasteiger charge is 2.27. The van der Waals surface area contributed by atoms with Crippen molar-refractivity contribution < 1.29 is 4.79 Å². The average Bonchev–Trinajstić information content (AvgIpc) is 2.39. The Morgan fingerprint density at radius 3 is 2.22 bits per heavy atom. The number of aryl methyl sites for hydroxylation is 1. The van der Waals surface area contributed by atoms with Gasteiger partial charge in [0.05, 0.1) is 12.0 Å². The van der Waals surface area contributed by atoms with E-state index < -0.39 is 0 Å². The molecule has 0 bridgehead atoms. The second kappa shape index (κ2) is 7.29. The Morgan fingerprint density at radius 1 is 1.22 bits per heavy atom. The molecule has 0 aliphatic carbocycles. The third-order valence-electron chi connectivity index (χ3n) is 3.08. The Balaban J connectivity index is 2.63. The molecule has 18 heavy (non-hydrogen) atoms. The third-order valence-corrected chi connectivity index (χ3v) is 5.22. The number of nitrogens with one attached hydrogen (secondary N) is 1. The molecule has 0 aromatic heterocycles. The molecule has 0 aliphatic heterocycles. The van der Waals surface area contributed by atoms with Crippen molar-refractivity contribution >= 4 is 37.8 Å². The van der Waals surface area contributed by atoms with Crippen LogP contribution in [0.25, 0.3) is 0 Å². The lowest BCUT2D eigenvalue weighted by Gasteiger charge is -2.30. The fourth-order valence-corrected chi connectivity index (χ4v) is 3.61. The van der Waals surface area contributed by atoms with Crippen molar-refractivity contribution in [1.82, 2.24) is 5.32 Å². The van der Waals surface area contributed by atoms with E-state index in [1.807, 2.05) is 31.2 Å². The lowest BCUT2D eigenvalue weighted by molar-refractivity contribution is -0.121. The van der Waals surface area contributed by atoms with E-state index in [0.29, 0.717) is 6.42 Å². The van der Waals surface area contributed by atoms with Crippen LogP contribution in [0.3, 0.4) is 0 Å². The quantitative estimate of drug-likeness (QED) is 0.755. The standard InChI is InChI=1S/C14H19Br2NO/c1-3-14(9-15,10-16)17-13(18)8-12-6-4-11(2)5-7-12/h4-7H,3,8-10H2,1-2H3,(H,17,18). The summed E-state index contributed by atoms with van der Waals surface area (Å²) in [6, 6.07) is 8.07. The second-order valence-electron chi connectivity index (χ2n) is 4.61. The topological polar surface area (TPSA) is 29.1 Å². The van der Waals surface area contributed by atoms with E-state index in [0.717, 1.165) is 22.6 Å². The zero-order valence-electron chi connectivity index (χ0n) is 10.8. The third kappa shape index (κ3) is 4.39. The molecule has 0 saturated carbocycles. The van der Waals surface area contributed by atoms with E-state index in [9.17, 15) is 4.79 Å². The smallest absolute Gasteiger partial charge is 0.224 e. The maximum atomic E-state index is 12.0. The van der Waals surface area contributed by atoms with Crippen LogP contribution in [-0.2, 0) is 11.2 Å². The highest BCUT2D eigenvalue weighted by atomic mass is 79.9. The molecule has 4 heteroatoms. The van der Waals surface area contributed by atoms with Gasteiger partial charge in [0.15, 0.2) is 0 Å². The van der Waals surface area contributed by atoms with Crippen LogP contribution in [0.4, 0.5) is 0 Å². The molecule has 1 N–H and O–H groups in total. The predicted molar refractivity (Wildman–Crippen MR) is 83.6 cm³/mol. The number of hydrogen-bond acceptors (Lipinski definition) is 1. The number of rotatable bonds is 6. The van der Waals surface area contributed by atoms with Gasteiger partial charge in [-0.2, -0.15) is 0 Å². The average molecular weight is 377 g/mol. The lowest BCUT2D eigenvalue weighted by Crippen LogP contribution is -2.51. The molecule has 0 saturated heterocycles. The zero-order chi connectivity index (χ0) is 13.6. The SMILES string of the molecule is CCC(CBr)(CBr)NC(=O)Cc1ccc(C)cc1. The summed E-state index contributed by atoms with van der Waals surface area (Å²) in [7, 11) is 0. The monoisotopic (exact) mass is 375 g/mol. The first-order chi connectivity index (χ1) is 8.55. The summed E-state index contributed by atoms with van der Waals surface area (Å²) in [6.45, 7) is 4.12. The fraction of sp³-hybridized carbons (Fsp3) is 0.500. The number of halogens is 2. The van der Waals surface area contributed by atoms with Gasteiger partial charge in [-0.3, -0.25) is 4.79 Å². The fourth-order valence-electron chi connectivity index (χ4n) is 1.61. The summed E-state index contributed by atoms with van der Waals surface area (Å²) in [6.07, 6.45) is 1.32. The molecular weight excluding hydrogens is 358 g/mol. The summed E-state index contributed by atoms with van der Waals surface area (Å²) >= 11 is 6.94.